The van der Waals surface area contributed by atoms with Gasteiger partial charge in [0.05, 0.1) is 6.61 Å². The summed E-state index contributed by atoms with van der Waals surface area (Å²) in [5.74, 6) is -0.0561. The average molecular weight is 276 g/mol. The van der Waals surface area contributed by atoms with Crippen molar-refractivity contribution < 1.29 is 9.90 Å². The van der Waals surface area contributed by atoms with Gasteiger partial charge in [-0.3, -0.25) is 4.79 Å². The second kappa shape index (κ2) is 6.37. The first-order valence-corrected chi connectivity index (χ1v) is 7.35. The smallest absolute Gasteiger partial charge is 0.251 e. The largest absolute Gasteiger partial charge is 0.396 e. The number of carbonyl (C=O) groups is 1. The first kappa shape index (κ1) is 15.0. The van der Waals surface area contributed by atoms with E-state index < -0.39 is 0 Å². The van der Waals surface area contributed by atoms with Crippen molar-refractivity contribution in [2.45, 2.75) is 39.8 Å². The first-order chi connectivity index (χ1) is 9.64. The molecular formula is C16H24N2O2. The summed E-state index contributed by atoms with van der Waals surface area (Å²) in [5, 5.41) is 15.8. The Morgan fingerprint density at radius 1 is 1.30 bits per heavy atom. The van der Waals surface area contributed by atoms with Crippen LogP contribution in [0.2, 0.25) is 0 Å². The van der Waals surface area contributed by atoms with Crippen LogP contribution in [0.4, 0.5) is 0 Å². The highest BCUT2D eigenvalue weighted by Crippen LogP contribution is 2.24. The third-order valence-corrected chi connectivity index (χ3v) is 4.56. The molecule has 1 aromatic carbocycles. The van der Waals surface area contributed by atoms with Crippen LogP contribution < -0.4 is 10.6 Å². The highest BCUT2D eigenvalue weighted by atomic mass is 16.3. The summed E-state index contributed by atoms with van der Waals surface area (Å²) in [6.07, 6.45) is 1.71. The third-order valence-electron chi connectivity index (χ3n) is 4.56. The maximum atomic E-state index is 12.2. The summed E-state index contributed by atoms with van der Waals surface area (Å²) in [4.78, 5) is 12.2. The van der Waals surface area contributed by atoms with E-state index in [0.717, 1.165) is 25.9 Å². The summed E-state index contributed by atoms with van der Waals surface area (Å²) >= 11 is 0. The molecule has 0 aliphatic carbocycles. The molecule has 1 amide bonds. The molecule has 2 rings (SSSR count). The summed E-state index contributed by atoms with van der Waals surface area (Å²) in [7, 11) is 0. The molecule has 20 heavy (non-hydrogen) atoms. The lowest BCUT2D eigenvalue weighted by Crippen LogP contribution is -2.39. The normalized spacial score (nSPS) is 14.2. The zero-order chi connectivity index (χ0) is 14.6. The fraction of sp³-hybridized carbons (Fsp3) is 0.562. The van der Waals surface area contributed by atoms with Crippen molar-refractivity contribution in [2.24, 2.45) is 5.41 Å². The molecule has 1 heterocycles. The highest BCUT2D eigenvalue weighted by molar-refractivity contribution is 5.94. The second-order valence-corrected chi connectivity index (χ2v) is 5.63. The van der Waals surface area contributed by atoms with Crippen LogP contribution >= 0.6 is 0 Å². The number of amides is 1. The third kappa shape index (κ3) is 3.02. The predicted octanol–water partition coefficient (Wildman–Crippen LogP) is 1.82. The van der Waals surface area contributed by atoms with E-state index in [1.54, 1.807) is 0 Å². The fourth-order valence-corrected chi connectivity index (χ4v) is 2.59. The molecule has 0 fully saturated rings. The van der Waals surface area contributed by atoms with Crippen molar-refractivity contribution in [3.8, 4) is 0 Å². The number of benzene rings is 1. The van der Waals surface area contributed by atoms with Gasteiger partial charge in [-0.05, 0) is 36.1 Å². The lowest BCUT2D eigenvalue weighted by molar-refractivity contribution is 0.0851. The van der Waals surface area contributed by atoms with Gasteiger partial charge in [0.1, 0.15) is 0 Å². The first-order valence-electron chi connectivity index (χ1n) is 7.35. The van der Waals surface area contributed by atoms with Gasteiger partial charge in [0.15, 0.2) is 0 Å². The van der Waals surface area contributed by atoms with E-state index in [1.807, 2.05) is 32.0 Å². The van der Waals surface area contributed by atoms with Gasteiger partial charge < -0.3 is 15.7 Å². The van der Waals surface area contributed by atoms with Crippen LogP contribution in [0.15, 0.2) is 18.2 Å². The molecule has 0 bridgehead atoms. The maximum Gasteiger partial charge on any atom is 0.251 e. The highest BCUT2D eigenvalue weighted by Gasteiger charge is 2.26. The maximum absolute atomic E-state index is 12.2. The number of fused-ring (bicyclic) bond motifs is 1. The number of aliphatic hydroxyl groups excluding tert-OH is 1. The Morgan fingerprint density at radius 2 is 2.00 bits per heavy atom. The Kier molecular flexibility index (Phi) is 4.78. The standard InChI is InChI=1S/C16H24N2O2/c1-3-16(4-2,11-19)10-18-15(20)12-5-6-13-8-17-9-14(13)7-12/h5-7,17,19H,3-4,8-11H2,1-2H3,(H,18,20). The number of aliphatic hydroxyl groups is 1. The molecule has 3 N–H and O–H groups in total. The number of hydrogen-bond acceptors (Lipinski definition) is 3. The quantitative estimate of drug-likeness (QED) is 0.742. The van der Waals surface area contributed by atoms with Gasteiger partial charge in [0, 0.05) is 30.6 Å². The summed E-state index contributed by atoms with van der Waals surface area (Å²) < 4.78 is 0. The van der Waals surface area contributed by atoms with Gasteiger partial charge in [-0.1, -0.05) is 19.9 Å². The van der Waals surface area contributed by atoms with Crippen LogP contribution in [0.3, 0.4) is 0 Å². The van der Waals surface area contributed by atoms with E-state index in [1.165, 1.54) is 11.1 Å². The van der Waals surface area contributed by atoms with Crippen LogP contribution in [0, 0.1) is 5.41 Å². The molecule has 0 spiro atoms. The minimum absolute atomic E-state index is 0.0561. The zero-order valence-electron chi connectivity index (χ0n) is 12.3. The predicted molar refractivity (Wildman–Crippen MR) is 79.4 cm³/mol. The van der Waals surface area contributed by atoms with Crippen LogP contribution in [-0.2, 0) is 13.1 Å². The van der Waals surface area contributed by atoms with Gasteiger partial charge in [-0.25, -0.2) is 0 Å². The number of rotatable bonds is 6. The van der Waals surface area contributed by atoms with Crippen LogP contribution in [0.1, 0.15) is 48.2 Å². The molecule has 110 valence electrons. The average Bonchev–Trinajstić information content (AvgIpc) is 2.96. The van der Waals surface area contributed by atoms with Gasteiger partial charge in [0.2, 0.25) is 0 Å². The van der Waals surface area contributed by atoms with E-state index in [4.69, 9.17) is 0 Å². The van der Waals surface area contributed by atoms with Crippen molar-refractivity contribution in [1.29, 1.82) is 0 Å². The Labute approximate surface area is 120 Å². The van der Waals surface area contributed by atoms with E-state index in [-0.39, 0.29) is 17.9 Å². The minimum Gasteiger partial charge on any atom is -0.396 e. The van der Waals surface area contributed by atoms with Gasteiger partial charge in [-0.2, -0.15) is 0 Å². The Morgan fingerprint density at radius 3 is 2.65 bits per heavy atom. The monoisotopic (exact) mass is 276 g/mol. The van der Waals surface area contributed by atoms with Gasteiger partial charge in [0.25, 0.3) is 5.91 Å². The Hall–Kier alpha value is -1.39. The summed E-state index contributed by atoms with van der Waals surface area (Å²) in [6, 6.07) is 5.85. The molecule has 0 radical (unpaired) electrons. The Bertz CT molecular complexity index is 473. The topological polar surface area (TPSA) is 61.4 Å². The SMILES string of the molecule is CCC(CC)(CO)CNC(=O)c1ccc2c(c1)CNC2. The lowest BCUT2D eigenvalue weighted by atomic mass is 9.83. The zero-order valence-corrected chi connectivity index (χ0v) is 12.3. The van der Waals surface area contributed by atoms with Crippen LogP contribution in [0.25, 0.3) is 0 Å². The van der Waals surface area contributed by atoms with E-state index in [9.17, 15) is 9.90 Å². The summed E-state index contributed by atoms with van der Waals surface area (Å²) in [6.45, 7) is 6.44. The molecule has 4 nitrogen and oxygen atoms in total. The molecule has 0 atom stereocenters. The molecular weight excluding hydrogens is 252 g/mol. The molecule has 0 saturated carbocycles. The van der Waals surface area contributed by atoms with Crippen molar-refractivity contribution in [2.75, 3.05) is 13.2 Å². The van der Waals surface area contributed by atoms with Crippen molar-refractivity contribution >= 4 is 5.91 Å². The van der Waals surface area contributed by atoms with Crippen molar-refractivity contribution in [1.82, 2.24) is 10.6 Å². The molecule has 0 unspecified atom stereocenters. The molecule has 0 aromatic heterocycles. The number of hydrogen-bond donors (Lipinski definition) is 3. The second-order valence-electron chi connectivity index (χ2n) is 5.63. The van der Waals surface area contributed by atoms with Gasteiger partial charge >= 0.3 is 0 Å². The molecule has 1 aromatic rings. The molecule has 1 aliphatic rings. The fourth-order valence-electron chi connectivity index (χ4n) is 2.59. The number of nitrogens with one attached hydrogen (secondary N) is 2. The number of carbonyl (C=O) groups excluding carboxylic acids is 1. The van der Waals surface area contributed by atoms with Crippen LogP contribution in [-0.4, -0.2) is 24.2 Å². The minimum atomic E-state index is -0.200. The van der Waals surface area contributed by atoms with Gasteiger partial charge in [-0.15, -0.1) is 0 Å². The van der Waals surface area contributed by atoms with E-state index >= 15 is 0 Å². The lowest BCUT2D eigenvalue weighted by Gasteiger charge is -2.29. The van der Waals surface area contributed by atoms with Crippen molar-refractivity contribution in [3.63, 3.8) is 0 Å². The van der Waals surface area contributed by atoms with E-state index in [2.05, 4.69) is 10.6 Å². The Balaban J connectivity index is 2.02. The molecule has 1 aliphatic heterocycles. The molecule has 4 heteroatoms. The molecule has 0 saturated heterocycles. The van der Waals surface area contributed by atoms with E-state index in [0.29, 0.717) is 12.1 Å². The summed E-state index contributed by atoms with van der Waals surface area (Å²) in [5.41, 5.74) is 2.98. The van der Waals surface area contributed by atoms with Crippen LogP contribution in [0.5, 0.6) is 0 Å². The van der Waals surface area contributed by atoms with Crippen molar-refractivity contribution in [3.05, 3.63) is 34.9 Å².